The van der Waals surface area contributed by atoms with Gasteiger partial charge < -0.3 is 30.6 Å². The molecule has 150 valence electrons. The fraction of sp³-hybridized carbons (Fsp3) is 0.750. The van der Waals surface area contributed by atoms with E-state index in [1.54, 1.807) is 0 Å². The Morgan fingerprint density at radius 1 is 0.731 bits per heavy atom. The fourth-order valence-electron chi connectivity index (χ4n) is 2.86. The maximum Gasteiger partial charge on any atom is 0.222 e. The van der Waals surface area contributed by atoms with Gasteiger partial charge in [-0.2, -0.15) is 0 Å². The summed E-state index contributed by atoms with van der Waals surface area (Å²) in [5.74, 6) is -6.27. The SMILES string of the molecule is CC(=O)[C@@](O)(C(=O)C(C)O)[C@](O)(C(C)=O)[C@](C)(O)[C@@](C)(O)C(=O)C(C)O. The second-order valence-electron chi connectivity index (χ2n) is 6.76. The van der Waals surface area contributed by atoms with E-state index in [1.165, 1.54) is 0 Å². The number of rotatable bonds is 9. The highest BCUT2D eigenvalue weighted by Gasteiger charge is 2.74. The average molecular weight is 378 g/mol. The van der Waals surface area contributed by atoms with E-state index < -0.39 is 57.7 Å². The first-order chi connectivity index (χ1) is 11.3. The van der Waals surface area contributed by atoms with Gasteiger partial charge in [0.05, 0.1) is 0 Å². The molecule has 10 heteroatoms. The van der Waals surface area contributed by atoms with Crippen molar-refractivity contribution in [3.05, 3.63) is 0 Å². The highest BCUT2D eigenvalue weighted by atomic mass is 16.4. The summed E-state index contributed by atoms with van der Waals surface area (Å²) in [6, 6.07) is 0. The molecule has 6 N–H and O–H groups in total. The highest BCUT2D eigenvalue weighted by Crippen LogP contribution is 2.43. The molecule has 10 nitrogen and oxygen atoms in total. The topological polar surface area (TPSA) is 190 Å². The van der Waals surface area contributed by atoms with Gasteiger partial charge in [0.1, 0.15) is 17.8 Å². The van der Waals surface area contributed by atoms with E-state index in [0.717, 1.165) is 13.8 Å². The zero-order chi connectivity index (χ0) is 21.5. The minimum Gasteiger partial charge on any atom is -0.385 e. The molecule has 0 radical (unpaired) electrons. The van der Waals surface area contributed by atoms with Gasteiger partial charge in [0.15, 0.2) is 28.6 Å². The van der Waals surface area contributed by atoms with E-state index in [9.17, 15) is 49.8 Å². The molecule has 0 aliphatic heterocycles. The zero-order valence-corrected chi connectivity index (χ0v) is 15.5. The van der Waals surface area contributed by atoms with Crippen molar-refractivity contribution in [2.75, 3.05) is 0 Å². The average Bonchev–Trinajstić information content (AvgIpc) is 2.50. The first-order valence-corrected chi connectivity index (χ1v) is 7.71. The van der Waals surface area contributed by atoms with Crippen LogP contribution in [0.1, 0.15) is 41.5 Å². The van der Waals surface area contributed by atoms with Crippen molar-refractivity contribution >= 4 is 23.1 Å². The van der Waals surface area contributed by atoms with Crippen LogP contribution in [-0.2, 0) is 19.2 Å². The molecular weight excluding hydrogens is 352 g/mol. The number of hydrogen-bond acceptors (Lipinski definition) is 10. The number of aliphatic hydroxyl groups is 6. The summed E-state index contributed by atoms with van der Waals surface area (Å²) in [4.78, 5) is 48.6. The van der Waals surface area contributed by atoms with Crippen LogP contribution in [0, 0.1) is 0 Å². The third kappa shape index (κ3) is 3.13. The standard InChI is InChI=1S/C16H26O10/c1-7(17)11(21)13(5,23)14(6,24)16(26,10(4)20)15(25,9(3)19)12(22)8(2)18/h7-8,17-18,23-26H,1-6H3/t7?,8?,13-,14+,15+,16-/m0/s1. The van der Waals surface area contributed by atoms with Crippen LogP contribution in [-0.4, -0.2) is 88.4 Å². The molecule has 2 unspecified atom stereocenters. The summed E-state index contributed by atoms with van der Waals surface area (Å²) < 4.78 is 0. The molecule has 0 saturated carbocycles. The van der Waals surface area contributed by atoms with Crippen molar-refractivity contribution in [2.45, 2.75) is 76.2 Å². The zero-order valence-electron chi connectivity index (χ0n) is 15.5. The van der Waals surface area contributed by atoms with Gasteiger partial charge in [0.25, 0.3) is 0 Å². The van der Waals surface area contributed by atoms with Gasteiger partial charge in [-0.15, -0.1) is 0 Å². The van der Waals surface area contributed by atoms with Gasteiger partial charge in [-0.05, 0) is 41.5 Å². The van der Waals surface area contributed by atoms with Crippen LogP contribution in [0.5, 0.6) is 0 Å². The minimum absolute atomic E-state index is 0.540. The summed E-state index contributed by atoms with van der Waals surface area (Å²) in [7, 11) is 0. The smallest absolute Gasteiger partial charge is 0.222 e. The normalized spacial score (nSPS) is 23.4. The highest BCUT2D eigenvalue weighted by molar-refractivity contribution is 6.17. The van der Waals surface area contributed by atoms with Gasteiger partial charge in [0, 0.05) is 0 Å². The van der Waals surface area contributed by atoms with Gasteiger partial charge in [0.2, 0.25) is 11.4 Å². The van der Waals surface area contributed by atoms with Crippen LogP contribution in [0.25, 0.3) is 0 Å². The monoisotopic (exact) mass is 378 g/mol. The lowest BCUT2D eigenvalue weighted by Crippen LogP contribution is -2.82. The molecule has 0 fully saturated rings. The summed E-state index contributed by atoms with van der Waals surface area (Å²) in [6.45, 7) is 4.14. The number of hydrogen-bond donors (Lipinski definition) is 6. The first-order valence-electron chi connectivity index (χ1n) is 7.71. The molecule has 0 aromatic carbocycles. The Morgan fingerprint density at radius 3 is 1.31 bits per heavy atom. The van der Waals surface area contributed by atoms with Crippen LogP contribution >= 0.6 is 0 Å². The summed E-state index contributed by atoms with van der Waals surface area (Å²) in [6.07, 6.45) is -3.92. The predicted molar refractivity (Wildman–Crippen MR) is 85.9 cm³/mol. The lowest BCUT2D eigenvalue weighted by Gasteiger charge is -2.52. The molecule has 0 aliphatic rings. The predicted octanol–water partition coefficient (Wildman–Crippen LogP) is -2.97. The molecule has 0 aromatic heterocycles. The molecule has 0 heterocycles. The molecule has 0 bridgehead atoms. The number of aliphatic hydroxyl groups excluding tert-OH is 2. The number of ketones is 4. The number of Topliss-reactive ketones (excluding diaryl/α,β-unsaturated/α-hetero) is 4. The van der Waals surface area contributed by atoms with E-state index >= 15 is 0 Å². The largest absolute Gasteiger partial charge is 0.385 e. The maximum atomic E-state index is 12.3. The molecule has 26 heavy (non-hydrogen) atoms. The summed E-state index contributed by atoms with van der Waals surface area (Å²) in [5.41, 5.74) is -13.9. The van der Waals surface area contributed by atoms with E-state index in [-0.39, 0.29) is 0 Å². The van der Waals surface area contributed by atoms with Gasteiger partial charge >= 0.3 is 0 Å². The van der Waals surface area contributed by atoms with Crippen molar-refractivity contribution in [1.29, 1.82) is 0 Å². The second kappa shape index (κ2) is 7.22. The third-order valence-electron chi connectivity index (χ3n) is 4.79. The molecular formula is C16H26O10. The summed E-state index contributed by atoms with van der Waals surface area (Å²) >= 11 is 0. The molecule has 0 amide bonds. The molecule has 0 spiro atoms. The van der Waals surface area contributed by atoms with Crippen LogP contribution in [0.15, 0.2) is 0 Å². The van der Waals surface area contributed by atoms with Crippen LogP contribution < -0.4 is 0 Å². The van der Waals surface area contributed by atoms with E-state index in [4.69, 9.17) is 0 Å². The van der Waals surface area contributed by atoms with Crippen molar-refractivity contribution in [3.8, 4) is 0 Å². The van der Waals surface area contributed by atoms with E-state index in [1.807, 2.05) is 0 Å². The Hall–Kier alpha value is -1.56. The number of carbonyl (C=O) groups excluding carboxylic acids is 4. The fourth-order valence-corrected chi connectivity index (χ4v) is 2.86. The minimum atomic E-state index is -3.74. The van der Waals surface area contributed by atoms with Crippen molar-refractivity contribution < 1.29 is 49.8 Å². The Labute approximate surface area is 150 Å². The van der Waals surface area contributed by atoms with Gasteiger partial charge in [-0.25, -0.2) is 0 Å². The molecule has 0 aromatic rings. The lowest BCUT2D eigenvalue weighted by atomic mass is 9.59. The molecule has 0 saturated heterocycles. The number of carbonyl (C=O) groups is 4. The lowest BCUT2D eigenvalue weighted by molar-refractivity contribution is -0.263. The molecule has 6 atom stereocenters. The Balaban J connectivity index is 7.02. The van der Waals surface area contributed by atoms with Crippen LogP contribution in [0.2, 0.25) is 0 Å². The summed E-state index contributed by atoms with van der Waals surface area (Å²) in [5, 5.41) is 61.7. The Bertz CT molecular complexity index is 619. The first kappa shape index (κ1) is 24.4. The van der Waals surface area contributed by atoms with Crippen molar-refractivity contribution in [3.63, 3.8) is 0 Å². The quantitative estimate of drug-likeness (QED) is 0.226. The van der Waals surface area contributed by atoms with Crippen LogP contribution in [0.4, 0.5) is 0 Å². The van der Waals surface area contributed by atoms with E-state index in [0.29, 0.717) is 27.7 Å². The van der Waals surface area contributed by atoms with Gasteiger partial charge in [-0.1, -0.05) is 0 Å². The molecule has 0 rings (SSSR count). The molecule has 0 aliphatic carbocycles. The van der Waals surface area contributed by atoms with E-state index in [2.05, 4.69) is 0 Å². The van der Waals surface area contributed by atoms with Crippen molar-refractivity contribution in [2.24, 2.45) is 0 Å². The van der Waals surface area contributed by atoms with Crippen molar-refractivity contribution in [1.82, 2.24) is 0 Å². The Morgan fingerprint density at radius 2 is 1.08 bits per heavy atom. The third-order valence-corrected chi connectivity index (χ3v) is 4.79. The second-order valence-corrected chi connectivity index (χ2v) is 6.76. The maximum absolute atomic E-state index is 12.3. The van der Waals surface area contributed by atoms with Gasteiger partial charge in [-0.3, -0.25) is 19.2 Å². The Kier molecular flexibility index (Phi) is 6.78. The van der Waals surface area contributed by atoms with Crippen LogP contribution in [0.3, 0.4) is 0 Å².